The predicted molar refractivity (Wildman–Crippen MR) is 97.2 cm³/mol. The van der Waals surface area contributed by atoms with Gasteiger partial charge in [0.1, 0.15) is 0 Å². The first kappa shape index (κ1) is 18.5. The van der Waals surface area contributed by atoms with Gasteiger partial charge in [-0.15, -0.1) is 0 Å². The summed E-state index contributed by atoms with van der Waals surface area (Å²) >= 11 is 3.60. The molecular formula is C17H30BrN3. The highest BCUT2D eigenvalue weighted by Crippen LogP contribution is 2.25. The molecule has 0 unspecified atom stereocenters. The lowest BCUT2D eigenvalue weighted by Crippen LogP contribution is -2.30. The summed E-state index contributed by atoms with van der Waals surface area (Å²) < 4.78 is 1.15. The van der Waals surface area contributed by atoms with Gasteiger partial charge in [-0.1, -0.05) is 35.8 Å². The summed E-state index contributed by atoms with van der Waals surface area (Å²) in [6.45, 7) is 13.2. The van der Waals surface area contributed by atoms with E-state index in [-0.39, 0.29) is 0 Å². The molecule has 3 nitrogen and oxygen atoms in total. The molecule has 0 heterocycles. The Labute approximate surface area is 138 Å². The summed E-state index contributed by atoms with van der Waals surface area (Å²) in [7, 11) is 2.00. The van der Waals surface area contributed by atoms with Crippen molar-refractivity contribution < 1.29 is 0 Å². The van der Waals surface area contributed by atoms with E-state index in [1.54, 1.807) is 0 Å². The first-order chi connectivity index (χ1) is 10.2. The van der Waals surface area contributed by atoms with Crippen LogP contribution >= 0.6 is 15.9 Å². The fourth-order valence-corrected chi connectivity index (χ4v) is 2.99. The van der Waals surface area contributed by atoms with Gasteiger partial charge in [0.2, 0.25) is 0 Å². The van der Waals surface area contributed by atoms with Crippen molar-refractivity contribution in [1.29, 1.82) is 0 Å². The Morgan fingerprint density at radius 1 is 1.05 bits per heavy atom. The zero-order valence-electron chi connectivity index (χ0n) is 14.0. The first-order valence-corrected chi connectivity index (χ1v) is 8.85. The normalized spacial score (nSPS) is 11.1. The molecule has 0 atom stereocenters. The summed E-state index contributed by atoms with van der Waals surface area (Å²) in [6, 6.07) is 6.58. The van der Waals surface area contributed by atoms with Crippen LogP contribution in [0.4, 0.5) is 5.69 Å². The molecule has 0 aliphatic rings. The van der Waals surface area contributed by atoms with E-state index in [1.165, 1.54) is 24.2 Å². The van der Waals surface area contributed by atoms with Crippen molar-refractivity contribution in [1.82, 2.24) is 10.2 Å². The van der Waals surface area contributed by atoms with Gasteiger partial charge in [0.15, 0.2) is 0 Å². The monoisotopic (exact) mass is 355 g/mol. The van der Waals surface area contributed by atoms with Crippen LogP contribution in [0.2, 0.25) is 0 Å². The molecule has 0 aliphatic heterocycles. The van der Waals surface area contributed by atoms with Crippen LogP contribution in [0.25, 0.3) is 0 Å². The maximum absolute atomic E-state index is 3.60. The molecule has 1 aromatic rings. The molecule has 0 aliphatic carbocycles. The Hall–Kier alpha value is -0.580. The summed E-state index contributed by atoms with van der Waals surface area (Å²) in [5, 5.41) is 3.27. The third-order valence-corrected chi connectivity index (χ3v) is 4.43. The maximum Gasteiger partial charge on any atom is 0.0423 e. The van der Waals surface area contributed by atoms with Crippen LogP contribution in [-0.2, 0) is 6.54 Å². The summed E-state index contributed by atoms with van der Waals surface area (Å²) in [5.74, 6) is 0. The molecule has 0 fully saturated rings. The third-order valence-electron chi connectivity index (χ3n) is 3.93. The topological polar surface area (TPSA) is 18.5 Å². The second-order valence-corrected chi connectivity index (χ2v) is 6.18. The Bertz CT molecular complexity index is 405. The van der Waals surface area contributed by atoms with Crippen LogP contribution in [0.5, 0.6) is 0 Å². The van der Waals surface area contributed by atoms with E-state index in [0.29, 0.717) is 0 Å². The van der Waals surface area contributed by atoms with Gasteiger partial charge in [0.25, 0.3) is 0 Å². The first-order valence-electron chi connectivity index (χ1n) is 8.06. The molecule has 0 spiro atoms. The Morgan fingerprint density at radius 2 is 1.76 bits per heavy atom. The van der Waals surface area contributed by atoms with Crippen LogP contribution in [0, 0.1) is 0 Å². The fourth-order valence-electron chi connectivity index (χ4n) is 2.65. The number of rotatable bonds is 10. The van der Waals surface area contributed by atoms with Gasteiger partial charge >= 0.3 is 0 Å². The number of nitrogens with one attached hydrogen (secondary N) is 1. The molecule has 0 bridgehead atoms. The number of nitrogens with zero attached hydrogens (tertiary/aromatic N) is 2. The minimum absolute atomic E-state index is 0.912. The van der Waals surface area contributed by atoms with Crippen molar-refractivity contribution >= 4 is 21.6 Å². The number of hydrogen-bond donors (Lipinski definition) is 1. The van der Waals surface area contributed by atoms with Crippen molar-refractivity contribution in [2.24, 2.45) is 0 Å². The number of anilines is 1. The van der Waals surface area contributed by atoms with E-state index in [2.05, 4.69) is 70.0 Å². The molecule has 0 amide bonds. The molecule has 1 rings (SSSR count). The van der Waals surface area contributed by atoms with Crippen LogP contribution in [0.3, 0.4) is 0 Å². The second-order valence-electron chi connectivity index (χ2n) is 5.26. The van der Waals surface area contributed by atoms with E-state index in [9.17, 15) is 0 Å². The zero-order valence-corrected chi connectivity index (χ0v) is 15.5. The summed E-state index contributed by atoms with van der Waals surface area (Å²) in [4.78, 5) is 4.98. The van der Waals surface area contributed by atoms with Crippen LogP contribution in [0.15, 0.2) is 22.7 Å². The molecule has 1 aromatic carbocycles. The molecular weight excluding hydrogens is 326 g/mol. The average molecular weight is 356 g/mol. The lowest BCUT2D eigenvalue weighted by molar-refractivity contribution is 0.300. The van der Waals surface area contributed by atoms with Gasteiger partial charge in [-0.2, -0.15) is 0 Å². The van der Waals surface area contributed by atoms with Crippen LogP contribution in [-0.4, -0.2) is 44.7 Å². The lowest BCUT2D eigenvalue weighted by atomic mass is 10.1. The predicted octanol–water partition coefficient (Wildman–Crippen LogP) is 3.73. The second kappa shape index (κ2) is 10.2. The maximum atomic E-state index is 3.60. The van der Waals surface area contributed by atoms with Crippen molar-refractivity contribution in [3.8, 4) is 0 Å². The molecule has 1 N–H and O–H groups in total. The Balaban J connectivity index is 2.72. The van der Waals surface area contributed by atoms with Gasteiger partial charge in [-0.25, -0.2) is 0 Å². The molecule has 0 saturated heterocycles. The van der Waals surface area contributed by atoms with Crippen molar-refractivity contribution in [3.63, 3.8) is 0 Å². The van der Waals surface area contributed by atoms with Crippen molar-refractivity contribution in [2.45, 2.75) is 33.7 Å². The van der Waals surface area contributed by atoms with Gasteiger partial charge in [-0.3, -0.25) is 0 Å². The molecule has 0 aromatic heterocycles. The Kier molecular flexibility index (Phi) is 8.97. The van der Waals surface area contributed by atoms with Crippen LogP contribution in [0.1, 0.15) is 32.8 Å². The molecule has 120 valence electrons. The SMILES string of the molecule is CCN(CC)CCCN(CC)c1cc(Br)ccc1CNC. The van der Waals surface area contributed by atoms with Gasteiger partial charge in [0, 0.05) is 29.8 Å². The summed E-state index contributed by atoms with van der Waals surface area (Å²) in [5.41, 5.74) is 2.71. The average Bonchev–Trinajstić information content (AvgIpc) is 2.50. The van der Waals surface area contributed by atoms with E-state index >= 15 is 0 Å². The van der Waals surface area contributed by atoms with E-state index in [4.69, 9.17) is 0 Å². The minimum atomic E-state index is 0.912. The number of halogens is 1. The number of benzene rings is 1. The molecule has 21 heavy (non-hydrogen) atoms. The lowest BCUT2D eigenvalue weighted by Gasteiger charge is -2.27. The standard InChI is InChI=1S/C17H30BrN3/c1-5-20(6-2)11-8-12-21(7-3)17-13-16(18)10-9-15(17)14-19-4/h9-10,13,19H,5-8,11-12,14H2,1-4H3. The highest BCUT2D eigenvalue weighted by atomic mass is 79.9. The largest absolute Gasteiger partial charge is 0.371 e. The third kappa shape index (κ3) is 5.97. The fraction of sp³-hybridized carbons (Fsp3) is 0.647. The van der Waals surface area contributed by atoms with Gasteiger partial charge < -0.3 is 15.1 Å². The van der Waals surface area contributed by atoms with Gasteiger partial charge in [0.05, 0.1) is 0 Å². The van der Waals surface area contributed by atoms with Crippen LogP contribution < -0.4 is 10.2 Å². The van der Waals surface area contributed by atoms with E-state index < -0.39 is 0 Å². The molecule has 0 radical (unpaired) electrons. The van der Waals surface area contributed by atoms with E-state index in [1.807, 2.05) is 7.05 Å². The summed E-state index contributed by atoms with van der Waals surface area (Å²) in [6.07, 6.45) is 1.21. The highest BCUT2D eigenvalue weighted by Gasteiger charge is 2.10. The molecule has 4 heteroatoms. The zero-order chi connectivity index (χ0) is 15.7. The number of hydrogen-bond acceptors (Lipinski definition) is 3. The van der Waals surface area contributed by atoms with E-state index in [0.717, 1.165) is 37.2 Å². The van der Waals surface area contributed by atoms with Crippen molar-refractivity contribution in [3.05, 3.63) is 28.2 Å². The quantitative estimate of drug-likeness (QED) is 0.689. The smallest absolute Gasteiger partial charge is 0.0423 e. The molecule has 0 saturated carbocycles. The Morgan fingerprint density at radius 3 is 2.33 bits per heavy atom. The highest BCUT2D eigenvalue weighted by molar-refractivity contribution is 9.10. The van der Waals surface area contributed by atoms with Crippen molar-refractivity contribution in [2.75, 3.05) is 44.7 Å². The van der Waals surface area contributed by atoms with Gasteiger partial charge in [-0.05, 0) is 57.7 Å². The minimum Gasteiger partial charge on any atom is -0.371 e.